The number of thioether (sulfide) groups is 1. The molecule has 1 aliphatic rings. The van der Waals surface area contributed by atoms with Crippen LogP contribution in [0, 0.1) is 13.8 Å². The van der Waals surface area contributed by atoms with Crippen LogP contribution < -0.4 is 5.32 Å². The first-order valence-electron chi connectivity index (χ1n) is 10.7. The molecule has 0 saturated heterocycles. The molecule has 1 amide bonds. The van der Waals surface area contributed by atoms with Crippen molar-refractivity contribution in [2.45, 2.75) is 57.1 Å². The number of amides is 1. The average Bonchev–Trinajstić information content (AvgIpc) is 3.20. The van der Waals surface area contributed by atoms with Crippen LogP contribution in [0.3, 0.4) is 0 Å². The largest absolute Gasteiger partial charge is 0.325 e. The predicted molar refractivity (Wildman–Crippen MR) is 131 cm³/mol. The maximum Gasteiger partial charge on any atom is 0.234 e. The van der Waals surface area contributed by atoms with Gasteiger partial charge in [-0.05, 0) is 56.0 Å². The third-order valence-corrected chi connectivity index (χ3v) is 7.18. The van der Waals surface area contributed by atoms with E-state index in [0.717, 1.165) is 50.7 Å². The van der Waals surface area contributed by atoms with Crippen LogP contribution in [-0.2, 0) is 4.79 Å². The number of rotatable bonds is 6. The van der Waals surface area contributed by atoms with Gasteiger partial charge in [0, 0.05) is 21.8 Å². The lowest BCUT2D eigenvalue weighted by atomic mass is 9.95. The summed E-state index contributed by atoms with van der Waals surface area (Å²) in [4.78, 5) is 12.7. The Morgan fingerprint density at radius 1 is 1.10 bits per heavy atom. The van der Waals surface area contributed by atoms with Gasteiger partial charge < -0.3 is 5.32 Å². The van der Waals surface area contributed by atoms with Crippen LogP contribution in [0.5, 0.6) is 0 Å². The highest BCUT2D eigenvalue weighted by atomic mass is 79.9. The summed E-state index contributed by atoms with van der Waals surface area (Å²) in [6.45, 7) is 4.03. The summed E-state index contributed by atoms with van der Waals surface area (Å²) in [5.74, 6) is 1.16. The molecule has 1 saturated carbocycles. The first-order valence-corrected chi connectivity index (χ1v) is 12.5. The number of carbonyl (C=O) groups is 1. The number of anilines is 1. The molecule has 162 valence electrons. The summed E-state index contributed by atoms with van der Waals surface area (Å²) in [6, 6.07) is 14.7. The van der Waals surface area contributed by atoms with Gasteiger partial charge in [-0.15, -0.1) is 10.2 Å². The lowest BCUT2D eigenvalue weighted by Crippen LogP contribution is -2.17. The molecule has 31 heavy (non-hydrogen) atoms. The molecule has 1 fully saturated rings. The molecule has 0 radical (unpaired) electrons. The summed E-state index contributed by atoms with van der Waals surface area (Å²) in [7, 11) is 0. The van der Waals surface area contributed by atoms with Gasteiger partial charge in [-0.25, -0.2) is 0 Å². The minimum Gasteiger partial charge on any atom is -0.325 e. The van der Waals surface area contributed by atoms with Crippen molar-refractivity contribution < 1.29 is 4.79 Å². The molecular formula is C24H27BrN4OS. The Kier molecular flexibility index (Phi) is 7.13. The molecule has 0 bridgehead atoms. The number of carbonyl (C=O) groups excluding carboxylic acids is 1. The zero-order chi connectivity index (χ0) is 21.8. The zero-order valence-electron chi connectivity index (χ0n) is 17.9. The lowest BCUT2D eigenvalue weighted by molar-refractivity contribution is -0.113. The van der Waals surface area contributed by atoms with E-state index >= 15 is 0 Å². The van der Waals surface area contributed by atoms with Crippen molar-refractivity contribution in [1.29, 1.82) is 0 Å². The summed E-state index contributed by atoms with van der Waals surface area (Å²) in [6.07, 6.45) is 5.99. The van der Waals surface area contributed by atoms with Gasteiger partial charge in [0.25, 0.3) is 0 Å². The number of hydrogen-bond donors (Lipinski definition) is 1. The summed E-state index contributed by atoms with van der Waals surface area (Å²) in [5, 5.41) is 12.9. The van der Waals surface area contributed by atoms with Gasteiger partial charge >= 0.3 is 0 Å². The van der Waals surface area contributed by atoms with Crippen LogP contribution in [0.25, 0.3) is 11.4 Å². The van der Waals surface area contributed by atoms with E-state index in [9.17, 15) is 4.79 Å². The van der Waals surface area contributed by atoms with Gasteiger partial charge in [0.15, 0.2) is 11.0 Å². The molecule has 0 aliphatic heterocycles. The second-order valence-electron chi connectivity index (χ2n) is 8.13. The zero-order valence-corrected chi connectivity index (χ0v) is 20.3. The minimum absolute atomic E-state index is 0.0258. The Labute approximate surface area is 196 Å². The number of aryl methyl sites for hydroxylation is 2. The Hall–Kier alpha value is -2.12. The molecule has 0 atom stereocenters. The SMILES string of the molecule is Cc1ccc(C)c(NC(=O)CSc2nnc(-c3ccc(Br)cc3)n2C2CCCCC2)c1. The van der Waals surface area contributed by atoms with Crippen LogP contribution >= 0.6 is 27.7 Å². The van der Waals surface area contributed by atoms with Crippen molar-refractivity contribution >= 4 is 39.3 Å². The van der Waals surface area contributed by atoms with Gasteiger partial charge in [-0.3, -0.25) is 9.36 Å². The fourth-order valence-corrected chi connectivity index (χ4v) is 5.10. The highest BCUT2D eigenvalue weighted by Gasteiger charge is 2.24. The van der Waals surface area contributed by atoms with E-state index in [0.29, 0.717) is 11.8 Å². The number of nitrogens with one attached hydrogen (secondary N) is 1. The molecule has 5 nitrogen and oxygen atoms in total. The Morgan fingerprint density at radius 3 is 2.58 bits per heavy atom. The smallest absolute Gasteiger partial charge is 0.234 e. The third kappa shape index (κ3) is 5.39. The fraction of sp³-hybridized carbons (Fsp3) is 0.375. The molecule has 1 N–H and O–H groups in total. The standard InChI is InChI=1S/C24H27BrN4OS/c1-16-8-9-17(2)21(14-16)26-22(30)15-31-24-28-27-23(18-10-12-19(25)13-11-18)29(24)20-6-4-3-5-7-20/h8-14,20H,3-7,15H2,1-2H3,(H,26,30). The van der Waals surface area contributed by atoms with E-state index in [1.54, 1.807) is 0 Å². The number of hydrogen-bond acceptors (Lipinski definition) is 4. The highest BCUT2D eigenvalue weighted by molar-refractivity contribution is 9.10. The van der Waals surface area contributed by atoms with E-state index < -0.39 is 0 Å². The number of nitrogens with zero attached hydrogens (tertiary/aromatic N) is 3. The van der Waals surface area contributed by atoms with E-state index in [1.807, 2.05) is 38.1 Å². The van der Waals surface area contributed by atoms with Gasteiger partial charge in [0.05, 0.1) is 5.75 Å². The van der Waals surface area contributed by atoms with Crippen molar-refractivity contribution in [3.8, 4) is 11.4 Å². The normalized spacial score (nSPS) is 14.5. The molecule has 0 unspecified atom stereocenters. The monoisotopic (exact) mass is 498 g/mol. The number of benzene rings is 2. The van der Waals surface area contributed by atoms with E-state index in [-0.39, 0.29) is 5.91 Å². The third-order valence-electron chi connectivity index (χ3n) is 5.71. The van der Waals surface area contributed by atoms with Gasteiger partial charge in [-0.1, -0.05) is 71.2 Å². The maximum atomic E-state index is 12.7. The van der Waals surface area contributed by atoms with Crippen LogP contribution in [0.4, 0.5) is 5.69 Å². The van der Waals surface area contributed by atoms with Gasteiger partial charge in [0.2, 0.25) is 5.91 Å². The second-order valence-corrected chi connectivity index (χ2v) is 9.99. The number of aromatic nitrogens is 3. The maximum absolute atomic E-state index is 12.7. The van der Waals surface area contributed by atoms with E-state index in [4.69, 9.17) is 0 Å². The Balaban J connectivity index is 1.54. The van der Waals surface area contributed by atoms with Crippen molar-refractivity contribution in [3.63, 3.8) is 0 Å². The molecular weight excluding hydrogens is 472 g/mol. The molecule has 4 rings (SSSR count). The summed E-state index contributed by atoms with van der Waals surface area (Å²) in [5.41, 5.74) is 4.11. The number of halogens is 1. The molecule has 7 heteroatoms. The first-order chi connectivity index (χ1) is 15.0. The van der Waals surface area contributed by atoms with E-state index in [1.165, 1.54) is 31.0 Å². The Bertz CT molecular complexity index is 1060. The van der Waals surface area contributed by atoms with Crippen molar-refractivity contribution in [3.05, 3.63) is 58.1 Å². The summed E-state index contributed by atoms with van der Waals surface area (Å²) < 4.78 is 3.30. The molecule has 1 aliphatic carbocycles. The minimum atomic E-state index is -0.0258. The topological polar surface area (TPSA) is 59.8 Å². The summed E-state index contributed by atoms with van der Waals surface area (Å²) >= 11 is 4.97. The fourth-order valence-electron chi connectivity index (χ4n) is 4.03. The van der Waals surface area contributed by atoms with Crippen molar-refractivity contribution in [2.24, 2.45) is 0 Å². The second kappa shape index (κ2) is 10.0. The quantitative estimate of drug-likeness (QED) is 0.390. The first kappa shape index (κ1) is 22.1. The van der Waals surface area contributed by atoms with E-state index in [2.05, 4.69) is 54.2 Å². The van der Waals surface area contributed by atoms with Gasteiger partial charge in [-0.2, -0.15) is 0 Å². The van der Waals surface area contributed by atoms with Gasteiger partial charge in [0.1, 0.15) is 0 Å². The molecule has 0 spiro atoms. The van der Waals surface area contributed by atoms with Crippen molar-refractivity contribution in [2.75, 3.05) is 11.1 Å². The Morgan fingerprint density at radius 2 is 1.84 bits per heavy atom. The molecule has 3 aromatic rings. The van der Waals surface area contributed by atoms with Crippen LogP contribution in [0.1, 0.15) is 49.3 Å². The molecule has 1 aromatic heterocycles. The van der Waals surface area contributed by atoms with Crippen LogP contribution in [0.2, 0.25) is 0 Å². The highest BCUT2D eigenvalue weighted by Crippen LogP contribution is 2.36. The predicted octanol–water partition coefficient (Wildman–Crippen LogP) is 6.56. The van der Waals surface area contributed by atoms with Crippen LogP contribution in [-0.4, -0.2) is 26.4 Å². The molecule has 1 heterocycles. The van der Waals surface area contributed by atoms with Crippen molar-refractivity contribution in [1.82, 2.24) is 14.8 Å². The lowest BCUT2D eigenvalue weighted by Gasteiger charge is -2.25. The average molecular weight is 499 g/mol. The van der Waals surface area contributed by atoms with Crippen LogP contribution in [0.15, 0.2) is 52.1 Å². The molecule has 2 aromatic carbocycles.